The van der Waals surface area contributed by atoms with E-state index in [4.69, 9.17) is 45.0 Å². The molecule has 0 aromatic heterocycles. The number of halogens is 2. The third-order valence-electron chi connectivity index (χ3n) is 20.7. The number of carbonyl (C=O) groups is 8. The minimum Gasteiger partial charge on any atom is -0.496 e. The molecule has 2 saturated heterocycles. The number of fused-ring (bicyclic) bond motifs is 5. The minimum absolute atomic E-state index is 0.0352. The molecule has 5 aliphatic rings. The zero-order chi connectivity index (χ0) is 71.1. The van der Waals surface area contributed by atoms with E-state index in [1.54, 1.807) is 152 Å². The second-order valence-corrected chi connectivity index (χ2v) is 30.0. The van der Waals surface area contributed by atoms with Crippen LogP contribution in [0.3, 0.4) is 0 Å². The molecule has 23 heteroatoms. The number of nitrogens with zero attached hydrogens (tertiary/aromatic N) is 2. The van der Waals surface area contributed by atoms with Crippen molar-refractivity contribution < 1.29 is 81.4 Å². The first-order valence-electron chi connectivity index (χ1n) is 33.5. The van der Waals surface area contributed by atoms with Crippen molar-refractivity contribution in [3.05, 3.63) is 183 Å². The third kappa shape index (κ3) is 15.2. The molecule has 5 aromatic rings. The Labute approximate surface area is 589 Å². The van der Waals surface area contributed by atoms with E-state index >= 15 is 23.6 Å². The summed E-state index contributed by atoms with van der Waals surface area (Å²) < 4.78 is 53.2. The van der Waals surface area contributed by atoms with E-state index in [2.05, 4.69) is 5.32 Å². The first-order valence-corrected chi connectivity index (χ1v) is 36.6. The number of ether oxygens (including phenoxy) is 6. The highest BCUT2D eigenvalue weighted by molar-refractivity contribution is 8.76. The van der Waals surface area contributed by atoms with Crippen molar-refractivity contribution in [1.82, 2.24) is 10.2 Å². The molecule has 526 valence electrons. The van der Waals surface area contributed by atoms with Crippen LogP contribution in [-0.4, -0.2) is 154 Å². The highest BCUT2D eigenvalue weighted by Crippen LogP contribution is 2.65. The van der Waals surface area contributed by atoms with Gasteiger partial charge in [-0.25, -0.2) is 18.8 Å². The van der Waals surface area contributed by atoms with E-state index in [1.165, 1.54) is 56.2 Å². The molecule has 10 rings (SSSR count). The lowest BCUT2D eigenvalue weighted by atomic mass is 9.43. The van der Waals surface area contributed by atoms with Gasteiger partial charge in [0.15, 0.2) is 5.60 Å². The molecule has 99 heavy (non-hydrogen) atoms. The van der Waals surface area contributed by atoms with Gasteiger partial charge in [0.2, 0.25) is 12.0 Å². The Morgan fingerprint density at radius 1 is 0.859 bits per heavy atom. The van der Waals surface area contributed by atoms with Crippen LogP contribution in [0.25, 0.3) is 0 Å². The van der Waals surface area contributed by atoms with E-state index in [0.717, 1.165) is 0 Å². The molecule has 3 N–H and O–H groups in total. The van der Waals surface area contributed by atoms with Crippen LogP contribution in [0.1, 0.15) is 149 Å². The van der Waals surface area contributed by atoms with E-state index in [0.29, 0.717) is 60.4 Å². The average molecular weight is 1420 g/mol. The zero-order valence-corrected chi connectivity index (χ0v) is 59.1. The summed E-state index contributed by atoms with van der Waals surface area (Å²) in [7, 11) is 4.62. The van der Waals surface area contributed by atoms with E-state index in [-0.39, 0.29) is 77.5 Å². The summed E-state index contributed by atoms with van der Waals surface area (Å²) in [5.41, 5.74) is -5.56. The number of nitrogens with one attached hydrogen (secondary N) is 1. The van der Waals surface area contributed by atoms with Crippen LogP contribution in [0, 0.1) is 28.5 Å². The number of aliphatic hydroxyl groups excluding tert-OH is 1. The fourth-order valence-electron chi connectivity index (χ4n) is 15.6. The van der Waals surface area contributed by atoms with Crippen molar-refractivity contribution in [1.29, 1.82) is 0 Å². The zero-order valence-electron chi connectivity index (χ0n) is 56.7. The third-order valence-corrected chi connectivity index (χ3v) is 22.7. The van der Waals surface area contributed by atoms with Gasteiger partial charge >= 0.3 is 23.9 Å². The second-order valence-electron chi connectivity index (χ2n) is 26.9. The number of ketones is 2. The number of aliphatic hydroxyl groups is 2. The quantitative estimate of drug-likeness (QED) is 0.0116. The number of rotatable bonds is 26. The van der Waals surface area contributed by atoms with Crippen LogP contribution < -0.4 is 10.1 Å². The van der Waals surface area contributed by atoms with Crippen molar-refractivity contribution in [2.45, 2.75) is 166 Å². The molecule has 19 nitrogen and oxygen atoms in total. The molecule has 5 aromatic carbocycles. The molecule has 2 bridgehead atoms. The first-order chi connectivity index (χ1) is 47.3. The maximum atomic E-state index is 16.1. The molecular weight excluding hydrogens is 1330 g/mol. The van der Waals surface area contributed by atoms with Gasteiger partial charge in [-0.2, -0.15) is 0 Å². The lowest BCUT2D eigenvalue weighted by molar-refractivity contribution is -0.345. The highest BCUT2D eigenvalue weighted by Gasteiger charge is 2.78. The van der Waals surface area contributed by atoms with Gasteiger partial charge in [0.05, 0.1) is 42.4 Å². The maximum Gasteiger partial charge on any atom is 0.350 e. The number of unbranched alkanes of at least 4 members (excludes halogenated alkanes) is 2. The smallest absolute Gasteiger partial charge is 0.350 e. The number of Topliss-reactive ketones (excluding diaryl/α,β-unsaturated/α-hetero) is 2. The summed E-state index contributed by atoms with van der Waals surface area (Å²) in [4.78, 5) is 125. The molecule has 0 radical (unpaired) electrons. The van der Waals surface area contributed by atoms with Crippen LogP contribution in [0.5, 0.6) is 5.75 Å². The van der Waals surface area contributed by atoms with Gasteiger partial charge in [-0.1, -0.05) is 146 Å². The van der Waals surface area contributed by atoms with Crippen molar-refractivity contribution in [2.24, 2.45) is 27.7 Å². The number of aliphatic imine (C=N–C) groups is 1. The van der Waals surface area contributed by atoms with Crippen molar-refractivity contribution in [3.8, 4) is 5.75 Å². The Morgan fingerprint density at radius 3 is 2.16 bits per heavy atom. The number of hydrogen-bond donors (Lipinski definition) is 3. The molecule has 1 unspecified atom stereocenters. The predicted molar refractivity (Wildman–Crippen MR) is 372 cm³/mol. The molecule has 2 saturated carbocycles. The summed E-state index contributed by atoms with van der Waals surface area (Å²) >= 11 is 6.39. The van der Waals surface area contributed by atoms with Gasteiger partial charge in [0.1, 0.15) is 65.2 Å². The fourth-order valence-corrected chi connectivity index (χ4v) is 16.9. The molecule has 2 heterocycles. The molecular formula is C76H85ClFN3O16S2. The van der Waals surface area contributed by atoms with Crippen LogP contribution in [0.2, 0.25) is 5.02 Å². The fraction of sp³-hybridized carbons (Fsp3) is 0.461. The van der Waals surface area contributed by atoms with Gasteiger partial charge in [-0.15, -0.1) is 0 Å². The summed E-state index contributed by atoms with van der Waals surface area (Å²) in [6.07, 6.45) is -3.97. The van der Waals surface area contributed by atoms with Crippen LogP contribution in [0.4, 0.5) is 4.39 Å². The lowest BCUT2D eigenvalue weighted by Crippen LogP contribution is -2.81. The average Bonchev–Trinajstić information content (AvgIpc) is 0.815. The molecule has 4 fully saturated rings. The Hall–Kier alpha value is -7.73. The van der Waals surface area contributed by atoms with Gasteiger partial charge in [-0.3, -0.25) is 29.0 Å². The van der Waals surface area contributed by atoms with E-state index in [9.17, 15) is 29.4 Å². The molecule has 3 aliphatic carbocycles. The SMILES string of the molecule is COc1ccc(F)cc1/C(=N/[C@H](CCCCCC(=O)CCSSC)C(=O)N1CCCC1C(=O)O[C@@H](C(=O)O[C@H]1C[C@]2(O)[C@@H](OC(=O)c3ccccc3)[C@@H]3[C@]4(OC(C)=O)CO[C@@H]4C[C@H](O)[C@@]3(C)C(=O)[C@H](C)C(=C1C)C2(C)C)[C@@H](NC(=O)c1ccccc1)c1ccccc1)c1ccc(Cl)cc1. The number of methoxy groups -OCH3 is 1. The van der Waals surface area contributed by atoms with Gasteiger partial charge < -0.3 is 48.9 Å². The van der Waals surface area contributed by atoms with Gasteiger partial charge in [0.25, 0.3) is 5.91 Å². The number of esters is 4. The number of hydrogen-bond acceptors (Lipinski definition) is 19. The Balaban J connectivity index is 1.05. The standard InChI is InChI=1S/C76H85ClFN3O16S2/c1-44-58(42-76(91)67(96-70(88)50-26-17-11-18-27-50)65-74(6,66(85)45(2)61(44)73(76,4)5)59(84)41-60-75(65,43-93-60)97-46(3)82)94-72(90)64(63(47-22-13-9-14-23-47)80-68(86)49-24-15-10-16-25-49)95-71(89)56-30-21-38-81(56)69(87)55(29-20-12-19-28-53(83)37-39-99-98-8)79-62(48-31-33-51(77)34-32-48)54-40-52(78)35-36-57(54)92-7/h9-11,13-18,22-27,31-36,40,45,55-56,58-60,63-65,67,84,91H,12,19-21,28-30,37-39,41-43H2,1-8H3,(H,80,86)/b79-62+/t45-,55-,56?,58+,59+,60-,63+,64-,65+,67+,74-,75+,76+/m1/s1. The Kier molecular flexibility index (Phi) is 23.5. The predicted octanol–water partition coefficient (Wildman–Crippen LogP) is 11.6. The van der Waals surface area contributed by atoms with Crippen molar-refractivity contribution >= 4 is 86.2 Å². The Morgan fingerprint density at radius 2 is 1.53 bits per heavy atom. The molecule has 2 amide bonds. The summed E-state index contributed by atoms with van der Waals surface area (Å²) in [6.45, 7) is 9.07. The van der Waals surface area contributed by atoms with Gasteiger partial charge in [0, 0.05) is 78.0 Å². The molecule has 0 spiro atoms. The monoisotopic (exact) mass is 1410 g/mol. The highest BCUT2D eigenvalue weighted by atomic mass is 35.5. The Bertz CT molecular complexity index is 3880. The van der Waals surface area contributed by atoms with E-state index < -0.39 is 136 Å². The van der Waals surface area contributed by atoms with Gasteiger partial charge in [-0.05, 0) is 117 Å². The summed E-state index contributed by atoms with van der Waals surface area (Å²) in [5.74, 6) is -8.00. The molecule has 2 aliphatic heterocycles. The van der Waals surface area contributed by atoms with Crippen LogP contribution in [0.15, 0.2) is 150 Å². The van der Waals surface area contributed by atoms with E-state index in [1.807, 2.05) is 6.26 Å². The summed E-state index contributed by atoms with van der Waals surface area (Å²) in [6, 6.07) is 30.8. The van der Waals surface area contributed by atoms with Crippen LogP contribution in [-0.2, 0) is 52.5 Å². The maximum absolute atomic E-state index is 16.1. The van der Waals surface area contributed by atoms with Crippen molar-refractivity contribution in [3.63, 3.8) is 0 Å². The topological polar surface area (TPSA) is 260 Å². The first kappa shape index (κ1) is 74.0. The lowest BCUT2D eigenvalue weighted by Gasteiger charge is -2.67. The number of likely N-dealkylation sites (tertiary alicyclic amines) is 1. The normalized spacial score (nSPS) is 26.3. The largest absolute Gasteiger partial charge is 0.496 e. The van der Waals surface area contributed by atoms with Crippen LogP contribution >= 0.6 is 33.2 Å². The molecule has 13 atom stereocenters. The second kappa shape index (κ2) is 31.4. The number of carbonyl (C=O) groups excluding carboxylic acids is 8. The summed E-state index contributed by atoms with van der Waals surface area (Å²) in [5, 5.41) is 30.0. The minimum atomic E-state index is -2.38. The van der Waals surface area contributed by atoms with Crippen molar-refractivity contribution in [2.75, 3.05) is 32.3 Å². The number of amides is 2. The number of benzene rings is 5.